The number of piperazine rings is 1. The number of pyridine rings is 1. The van der Waals surface area contributed by atoms with Crippen LogP contribution in [0, 0.1) is 5.92 Å². The van der Waals surface area contributed by atoms with Gasteiger partial charge < -0.3 is 24.9 Å². The number of carbonyl (C=O) groups excluding carboxylic acids is 3. The molecule has 2 aromatic heterocycles. The van der Waals surface area contributed by atoms with E-state index in [1.165, 1.54) is 24.5 Å². The number of carbonyl (C=O) groups is 3. The number of halogens is 4. The Labute approximate surface area is 285 Å². The summed E-state index contributed by atoms with van der Waals surface area (Å²) in [5.74, 6) is -1.39. The Balaban J connectivity index is 1.16. The van der Waals surface area contributed by atoms with Crippen molar-refractivity contribution in [2.45, 2.75) is 44.4 Å². The largest absolute Gasteiger partial charge is 0.418 e. The van der Waals surface area contributed by atoms with Crippen LogP contribution < -0.4 is 15.5 Å². The molecule has 4 amide bonds. The lowest BCUT2D eigenvalue weighted by atomic mass is 9.91. The third-order valence-corrected chi connectivity index (χ3v) is 10.6. The zero-order valence-corrected chi connectivity index (χ0v) is 28.0. The molecule has 5 heterocycles. The van der Waals surface area contributed by atoms with Crippen molar-refractivity contribution in [1.29, 1.82) is 0 Å². The van der Waals surface area contributed by atoms with Crippen molar-refractivity contribution in [2.24, 2.45) is 5.92 Å². The molecule has 3 aromatic rings. The lowest BCUT2D eigenvalue weighted by Gasteiger charge is -2.40. The number of rotatable bonds is 8. The van der Waals surface area contributed by atoms with Gasteiger partial charge in [-0.25, -0.2) is 4.79 Å². The van der Waals surface area contributed by atoms with Crippen LogP contribution in [-0.2, 0) is 28.7 Å². The number of benzene rings is 1. The number of hydrogen-bond donors (Lipinski definition) is 2. The lowest BCUT2D eigenvalue weighted by Crippen LogP contribution is -2.52. The van der Waals surface area contributed by atoms with Crippen molar-refractivity contribution in [3.63, 3.8) is 0 Å². The number of aromatic nitrogens is 1. The van der Waals surface area contributed by atoms with E-state index >= 15 is 0 Å². The number of nitrogens with one attached hydrogen (secondary N) is 2. The fourth-order valence-electron chi connectivity index (χ4n) is 6.84. The molecule has 1 atom stereocenters. The maximum Gasteiger partial charge on any atom is 0.418 e. The Kier molecular flexibility index (Phi) is 10.0. The van der Waals surface area contributed by atoms with Crippen molar-refractivity contribution in [3.05, 3.63) is 69.8 Å². The molecule has 256 valence electrons. The Morgan fingerprint density at radius 1 is 1.06 bits per heavy atom. The van der Waals surface area contributed by atoms with Crippen LogP contribution in [0.4, 0.5) is 34.3 Å². The molecule has 0 bridgehead atoms. The van der Waals surface area contributed by atoms with Gasteiger partial charge in [-0.1, -0.05) is 11.6 Å². The van der Waals surface area contributed by atoms with E-state index in [1.54, 1.807) is 22.2 Å². The number of piperidine rings is 1. The first-order chi connectivity index (χ1) is 23.0. The van der Waals surface area contributed by atoms with Gasteiger partial charge in [0.25, 0.3) is 0 Å². The van der Waals surface area contributed by atoms with Crippen LogP contribution in [0.25, 0.3) is 0 Å². The third-order valence-electron chi connectivity index (χ3n) is 9.40. The molecule has 3 aliphatic rings. The molecular formula is C33H37ClF3N7O3S. The van der Waals surface area contributed by atoms with Crippen LogP contribution in [0.5, 0.6) is 0 Å². The summed E-state index contributed by atoms with van der Waals surface area (Å²) >= 11 is 7.78. The highest BCUT2D eigenvalue weighted by molar-refractivity contribution is 7.14. The molecule has 0 radical (unpaired) electrons. The van der Waals surface area contributed by atoms with Gasteiger partial charge in [-0.3, -0.25) is 19.9 Å². The van der Waals surface area contributed by atoms with Crippen LogP contribution in [0.1, 0.15) is 36.0 Å². The second-order valence-corrected chi connectivity index (χ2v) is 13.6. The molecular weight excluding hydrogens is 667 g/mol. The molecule has 2 N–H and O–H groups in total. The first-order valence-electron chi connectivity index (χ1n) is 15.9. The molecule has 3 aliphatic heterocycles. The normalized spacial score (nSPS) is 18.0. The van der Waals surface area contributed by atoms with Crippen molar-refractivity contribution in [2.75, 3.05) is 61.8 Å². The minimum absolute atomic E-state index is 0.0372. The Bertz CT molecular complexity index is 1640. The topological polar surface area (TPSA) is 101 Å². The highest BCUT2D eigenvalue weighted by Crippen LogP contribution is 2.40. The average Bonchev–Trinajstić information content (AvgIpc) is 3.54. The van der Waals surface area contributed by atoms with E-state index in [9.17, 15) is 27.6 Å². The van der Waals surface area contributed by atoms with E-state index in [-0.39, 0.29) is 53.0 Å². The summed E-state index contributed by atoms with van der Waals surface area (Å²) < 4.78 is 42.0. The predicted molar refractivity (Wildman–Crippen MR) is 179 cm³/mol. The number of alkyl halides is 3. The van der Waals surface area contributed by atoms with E-state index < -0.39 is 17.7 Å². The molecule has 2 fully saturated rings. The molecule has 0 unspecified atom stereocenters. The number of hydrogen-bond acceptors (Lipinski definition) is 7. The average molecular weight is 704 g/mol. The van der Waals surface area contributed by atoms with Gasteiger partial charge in [0.1, 0.15) is 5.00 Å². The predicted octanol–water partition coefficient (Wildman–Crippen LogP) is 5.79. The summed E-state index contributed by atoms with van der Waals surface area (Å²) in [4.78, 5) is 51.9. The second kappa shape index (κ2) is 14.2. The summed E-state index contributed by atoms with van der Waals surface area (Å²) in [6, 6.07) is 8.06. The molecule has 2 saturated heterocycles. The fourth-order valence-corrected chi connectivity index (χ4v) is 7.98. The number of fused-ring (bicyclic) bond motifs is 1. The van der Waals surface area contributed by atoms with Crippen molar-refractivity contribution in [1.82, 2.24) is 19.7 Å². The smallest absolute Gasteiger partial charge is 0.386 e. The maximum atomic E-state index is 14.0. The van der Waals surface area contributed by atoms with Crippen LogP contribution >= 0.6 is 22.9 Å². The van der Waals surface area contributed by atoms with Gasteiger partial charge >= 0.3 is 12.2 Å². The summed E-state index contributed by atoms with van der Waals surface area (Å²) in [6.45, 7) is 3.31. The third kappa shape index (κ3) is 7.34. The maximum absolute atomic E-state index is 14.0. The molecule has 1 aromatic carbocycles. The van der Waals surface area contributed by atoms with Gasteiger partial charge in [-0.15, -0.1) is 11.3 Å². The van der Waals surface area contributed by atoms with Gasteiger partial charge in [0.15, 0.2) is 0 Å². The number of thiophene rings is 1. The Morgan fingerprint density at radius 3 is 2.44 bits per heavy atom. The Hall–Kier alpha value is -4.04. The Morgan fingerprint density at radius 2 is 1.77 bits per heavy atom. The van der Waals surface area contributed by atoms with Gasteiger partial charge in [0, 0.05) is 82.4 Å². The monoisotopic (exact) mass is 703 g/mol. The molecule has 15 heteroatoms. The summed E-state index contributed by atoms with van der Waals surface area (Å²) in [5.41, 5.74) is 1.13. The SMILES string of the molecule is CNc1c(Cl)cc(C[C@@H](CC(=O)N2CCC(N3Cc4ccsc4NC3=O)CC2)C(=O)N2CCN(c3ccncc3)CC2)cc1C(F)(F)F. The van der Waals surface area contributed by atoms with E-state index in [0.717, 1.165) is 22.3 Å². The van der Waals surface area contributed by atoms with Crippen LogP contribution in [0.15, 0.2) is 48.1 Å². The quantitative estimate of drug-likeness (QED) is 0.308. The van der Waals surface area contributed by atoms with E-state index in [4.69, 9.17) is 11.6 Å². The van der Waals surface area contributed by atoms with Gasteiger partial charge in [0.2, 0.25) is 11.8 Å². The second-order valence-electron chi connectivity index (χ2n) is 12.3. The number of urea groups is 1. The van der Waals surface area contributed by atoms with Crippen LogP contribution in [-0.4, -0.2) is 89.9 Å². The van der Waals surface area contributed by atoms with E-state index in [2.05, 4.69) is 20.5 Å². The number of nitrogens with zero attached hydrogens (tertiary/aromatic N) is 5. The molecule has 0 saturated carbocycles. The molecule has 48 heavy (non-hydrogen) atoms. The zero-order chi connectivity index (χ0) is 34.0. The van der Waals surface area contributed by atoms with E-state index in [1.807, 2.05) is 28.5 Å². The van der Waals surface area contributed by atoms with Gasteiger partial charge in [-0.05, 0) is 60.5 Å². The molecule has 0 spiro atoms. The first kappa shape index (κ1) is 33.8. The van der Waals surface area contributed by atoms with E-state index in [0.29, 0.717) is 58.7 Å². The number of likely N-dealkylation sites (tertiary alicyclic amines) is 1. The lowest BCUT2D eigenvalue weighted by molar-refractivity contribution is -0.142. The summed E-state index contributed by atoms with van der Waals surface area (Å²) in [5, 5.41) is 8.17. The molecule has 6 rings (SSSR count). The molecule has 0 aliphatic carbocycles. The number of amides is 4. The summed E-state index contributed by atoms with van der Waals surface area (Å²) in [6.07, 6.45) is -0.306. The van der Waals surface area contributed by atoms with Crippen LogP contribution in [0.3, 0.4) is 0 Å². The fraction of sp³-hybridized carbons (Fsp3) is 0.455. The van der Waals surface area contributed by atoms with Crippen LogP contribution in [0.2, 0.25) is 5.02 Å². The molecule has 10 nitrogen and oxygen atoms in total. The van der Waals surface area contributed by atoms with Crippen molar-refractivity contribution in [3.8, 4) is 0 Å². The van der Waals surface area contributed by atoms with Gasteiger partial charge in [0.05, 0.1) is 28.7 Å². The zero-order valence-electron chi connectivity index (χ0n) is 26.4. The minimum Gasteiger partial charge on any atom is -0.386 e. The highest BCUT2D eigenvalue weighted by Gasteiger charge is 2.38. The first-order valence-corrected chi connectivity index (χ1v) is 17.2. The van der Waals surface area contributed by atoms with Crippen molar-refractivity contribution >= 4 is 57.2 Å². The number of anilines is 3. The minimum atomic E-state index is -4.67. The van der Waals surface area contributed by atoms with Gasteiger partial charge in [-0.2, -0.15) is 13.2 Å². The summed E-state index contributed by atoms with van der Waals surface area (Å²) in [7, 11) is 1.37. The standard InChI is InChI=1S/C33H37ClF3N7O3S/c1-38-29-26(33(35,36)37)17-21(18-27(29)34)16-23(31(46)43-13-11-41(12-14-43)24-2-7-39-8-3-24)19-28(45)42-9-4-25(5-10-42)44-20-22-6-15-48-30(22)40-32(44)47/h2-3,6-8,15,17-18,23,25,38H,4-5,9-14,16,19-20H2,1H3,(H,40,47)/t23-/m0/s1. The highest BCUT2D eigenvalue weighted by atomic mass is 35.5. The van der Waals surface area contributed by atoms with Crippen molar-refractivity contribution < 1.29 is 27.6 Å².